The number of hydrogen-bond donors (Lipinski definition) is 1. The topological polar surface area (TPSA) is 74.5 Å². The third-order valence-electron chi connectivity index (χ3n) is 6.82. The molecule has 33 heavy (non-hydrogen) atoms. The number of carbonyl (C=O) groups is 1. The van der Waals surface area contributed by atoms with E-state index in [1.54, 1.807) is 0 Å². The molecule has 1 saturated heterocycles. The van der Waals surface area contributed by atoms with Crippen molar-refractivity contribution in [3.63, 3.8) is 0 Å². The second-order valence-corrected chi connectivity index (χ2v) is 9.01. The Morgan fingerprint density at radius 2 is 1.85 bits per heavy atom. The number of nitrogens with zero attached hydrogens (tertiary/aromatic N) is 4. The normalized spacial score (nSPS) is 17.6. The molecule has 2 aromatic carbocycles. The standard InChI is InChI=1S/C26H31N5O2/c1-19(26-28-25(29-33-26)21-6-3-2-4-7-21)31-16-14-30(15-17-31)13-12-24(32)27-23-11-10-20-8-5-9-22(20)18-23/h2-4,6-7,10-11,18-19H,5,8-9,12-17H2,1H3,(H,27,32). The molecule has 1 fully saturated rings. The van der Waals surface area contributed by atoms with Gasteiger partial charge in [0, 0.05) is 50.4 Å². The number of rotatable bonds is 7. The van der Waals surface area contributed by atoms with Gasteiger partial charge in [-0.25, -0.2) is 0 Å². The summed E-state index contributed by atoms with van der Waals surface area (Å²) in [5.74, 6) is 1.37. The Labute approximate surface area is 194 Å². The van der Waals surface area contributed by atoms with Crippen molar-refractivity contribution in [3.05, 3.63) is 65.5 Å². The van der Waals surface area contributed by atoms with Crippen molar-refractivity contribution in [2.45, 2.75) is 38.6 Å². The van der Waals surface area contributed by atoms with Gasteiger partial charge in [-0.3, -0.25) is 9.69 Å². The Hall–Kier alpha value is -3.03. The molecule has 5 rings (SSSR count). The van der Waals surface area contributed by atoms with E-state index in [9.17, 15) is 4.79 Å². The van der Waals surface area contributed by atoms with Gasteiger partial charge in [-0.1, -0.05) is 41.6 Å². The first kappa shape index (κ1) is 21.8. The van der Waals surface area contributed by atoms with E-state index in [-0.39, 0.29) is 11.9 Å². The van der Waals surface area contributed by atoms with Gasteiger partial charge in [-0.2, -0.15) is 4.98 Å². The quantitative estimate of drug-likeness (QED) is 0.594. The van der Waals surface area contributed by atoms with Gasteiger partial charge in [-0.15, -0.1) is 0 Å². The highest BCUT2D eigenvalue weighted by atomic mass is 16.5. The summed E-state index contributed by atoms with van der Waals surface area (Å²) in [6, 6.07) is 16.3. The fourth-order valence-corrected chi connectivity index (χ4v) is 4.77. The Balaban J connectivity index is 1.07. The van der Waals surface area contributed by atoms with E-state index in [1.165, 1.54) is 17.5 Å². The van der Waals surface area contributed by atoms with Gasteiger partial charge in [0.25, 0.3) is 0 Å². The zero-order chi connectivity index (χ0) is 22.6. The summed E-state index contributed by atoms with van der Waals surface area (Å²) in [6.45, 7) is 6.57. The molecule has 172 valence electrons. The van der Waals surface area contributed by atoms with Crippen LogP contribution in [0.1, 0.15) is 42.8 Å². The molecule has 0 spiro atoms. The first-order valence-electron chi connectivity index (χ1n) is 11.9. The van der Waals surface area contributed by atoms with Crippen LogP contribution >= 0.6 is 0 Å². The van der Waals surface area contributed by atoms with Crippen LogP contribution in [-0.4, -0.2) is 58.6 Å². The van der Waals surface area contributed by atoms with Crippen molar-refractivity contribution in [1.29, 1.82) is 0 Å². The fraction of sp³-hybridized carbons (Fsp3) is 0.423. The van der Waals surface area contributed by atoms with Crippen LogP contribution in [0.4, 0.5) is 5.69 Å². The molecular weight excluding hydrogens is 414 g/mol. The zero-order valence-electron chi connectivity index (χ0n) is 19.2. The number of nitrogens with one attached hydrogen (secondary N) is 1. The maximum Gasteiger partial charge on any atom is 0.244 e. The predicted molar refractivity (Wildman–Crippen MR) is 128 cm³/mol. The van der Waals surface area contributed by atoms with Crippen molar-refractivity contribution in [1.82, 2.24) is 19.9 Å². The summed E-state index contributed by atoms with van der Waals surface area (Å²) in [5.41, 5.74) is 4.70. The number of aryl methyl sites for hydroxylation is 2. The van der Waals surface area contributed by atoms with Gasteiger partial charge < -0.3 is 14.7 Å². The Morgan fingerprint density at radius 1 is 1.06 bits per heavy atom. The van der Waals surface area contributed by atoms with E-state index in [1.807, 2.05) is 36.4 Å². The molecule has 1 aliphatic heterocycles. The highest BCUT2D eigenvalue weighted by Crippen LogP contribution is 2.25. The van der Waals surface area contributed by atoms with E-state index in [0.717, 1.165) is 56.8 Å². The number of fused-ring (bicyclic) bond motifs is 1. The molecule has 0 saturated carbocycles. The number of hydrogen-bond acceptors (Lipinski definition) is 6. The van der Waals surface area contributed by atoms with Gasteiger partial charge in [0.2, 0.25) is 17.6 Å². The molecule has 7 heteroatoms. The summed E-state index contributed by atoms with van der Waals surface area (Å²) >= 11 is 0. The first-order chi connectivity index (χ1) is 16.2. The maximum atomic E-state index is 12.5. The summed E-state index contributed by atoms with van der Waals surface area (Å²) in [7, 11) is 0. The number of piperazine rings is 1. The minimum Gasteiger partial charge on any atom is -0.337 e. The average Bonchev–Trinajstić information content (AvgIpc) is 3.53. The summed E-state index contributed by atoms with van der Waals surface area (Å²) in [4.78, 5) is 21.8. The molecule has 1 amide bonds. The van der Waals surface area contributed by atoms with Gasteiger partial charge >= 0.3 is 0 Å². The van der Waals surface area contributed by atoms with E-state index >= 15 is 0 Å². The Kier molecular flexibility index (Phi) is 6.51. The molecule has 1 aliphatic carbocycles. The molecule has 0 radical (unpaired) electrons. The summed E-state index contributed by atoms with van der Waals surface area (Å²) < 4.78 is 5.55. The largest absolute Gasteiger partial charge is 0.337 e. The lowest BCUT2D eigenvalue weighted by molar-refractivity contribution is -0.116. The molecule has 1 unspecified atom stereocenters. The van der Waals surface area contributed by atoms with Gasteiger partial charge in [-0.05, 0) is 49.4 Å². The van der Waals surface area contributed by atoms with Crippen LogP contribution in [0.3, 0.4) is 0 Å². The van der Waals surface area contributed by atoms with Crippen molar-refractivity contribution in [2.24, 2.45) is 0 Å². The lowest BCUT2D eigenvalue weighted by atomic mass is 10.1. The van der Waals surface area contributed by atoms with Crippen LogP contribution in [0, 0.1) is 0 Å². The van der Waals surface area contributed by atoms with Gasteiger partial charge in [0.05, 0.1) is 6.04 Å². The third kappa shape index (κ3) is 5.15. The number of aromatic nitrogens is 2. The van der Waals surface area contributed by atoms with Crippen molar-refractivity contribution in [3.8, 4) is 11.4 Å². The van der Waals surface area contributed by atoms with Crippen LogP contribution in [0.5, 0.6) is 0 Å². The smallest absolute Gasteiger partial charge is 0.244 e. The summed E-state index contributed by atoms with van der Waals surface area (Å²) in [6.07, 6.45) is 4.02. The predicted octanol–water partition coefficient (Wildman–Crippen LogP) is 3.93. The minimum atomic E-state index is 0.0696. The molecule has 1 aromatic heterocycles. The Morgan fingerprint density at radius 3 is 2.67 bits per heavy atom. The van der Waals surface area contributed by atoms with Gasteiger partial charge in [0.1, 0.15) is 0 Å². The summed E-state index contributed by atoms with van der Waals surface area (Å²) in [5, 5.41) is 7.22. The lowest BCUT2D eigenvalue weighted by Gasteiger charge is -2.36. The lowest BCUT2D eigenvalue weighted by Crippen LogP contribution is -2.47. The first-order valence-corrected chi connectivity index (χ1v) is 11.9. The monoisotopic (exact) mass is 445 g/mol. The molecule has 1 N–H and O–H groups in total. The van der Waals surface area contributed by atoms with Crippen LogP contribution in [0.25, 0.3) is 11.4 Å². The number of amides is 1. The van der Waals surface area contributed by atoms with Crippen LogP contribution in [0.15, 0.2) is 53.1 Å². The highest BCUT2D eigenvalue weighted by Gasteiger charge is 2.26. The Bertz CT molecular complexity index is 1090. The van der Waals surface area contributed by atoms with E-state index in [2.05, 4.69) is 44.3 Å². The molecule has 2 aliphatic rings. The third-order valence-corrected chi connectivity index (χ3v) is 6.82. The van der Waals surface area contributed by atoms with E-state index in [4.69, 9.17) is 4.52 Å². The second kappa shape index (κ2) is 9.85. The molecule has 1 atom stereocenters. The molecule has 3 aromatic rings. The van der Waals surface area contributed by atoms with E-state index < -0.39 is 0 Å². The molecule has 7 nitrogen and oxygen atoms in total. The number of benzene rings is 2. The molecule has 0 bridgehead atoms. The van der Waals surface area contributed by atoms with Crippen LogP contribution in [-0.2, 0) is 17.6 Å². The SMILES string of the molecule is CC(c1nc(-c2ccccc2)no1)N1CCN(CCC(=O)Nc2ccc3c(c2)CCC3)CC1. The number of anilines is 1. The van der Waals surface area contributed by atoms with Crippen molar-refractivity contribution in [2.75, 3.05) is 38.0 Å². The van der Waals surface area contributed by atoms with Crippen LogP contribution < -0.4 is 5.32 Å². The van der Waals surface area contributed by atoms with E-state index in [0.29, 0.717) is 18.1 Å². The van der Waals surface area contributed by atoms with Crippen molar-refractivity contribution < 1.29 is 9.32 Å². The van der Waals surface area contributed by atoms with Gasteiger partial charge in [0.15, 0.2) is 0 Å². The molecule has 2 heterocycles. The minimum absolute atomic E-state index is 0.0696. The fourth-order valence-electron chi connectivity index (χ4n) is 4.77. The van der Waals surface area contributed by atoms with Crippen molar-refractivity contribution >= 4 is 11.6 Å². The average molecular weight is 446 g/mol. The second-order valence-electron chi connectivity index (χ2n) is 9.01. The highest BCUT2D eigenvalue weighted by molar-refractivity contribution is 5.91. The zero-order valence-corrected chi connectivity index (χ0v) is 19.2. The van der Waals surface area contributed by atoms with Crippen LogP contribution in [0.2, 0.25) is 0 Å². The molecular formula is C26H31N5O2. The maximum absolute atomic E-state index is 12.5. The number of carbonyl (C=O) groups excluding carboxylic acids is 1.